The van der Waals surface area contributed by atoms with Crippen molar-refractivity contribution in [3.8, 4) is 0 Å². The molecule has 0 unspecified atom stereocenters. The van der Waals surface area contributed by atoms with E-state index in [4.69, 9.17) is 0 Å². The maximum Gasteiger partial charge on any atom is 0.272 e. The molecule has 132 valence electrons. The number of hydrogen-bond acceptors (Lipinski definition) is 2. The number of nitrogens with one attached hydrogen (secondary N) is 3. The zero-order valence-electron chi connectivity index (χ0n) is 14.5. The van der Waals surface area contributed by atoms with Crippen LogP contribution in [0, 0.1) is 0 Å². The number of hydrogen-bond donors (Lipinski definition) is 3. The van der Waals surface area contributed by atoms with Gasteiger partial charge in [0.2, 0.25) is 0 Å². The molecule has 1 aliphatic heterocycles. The Morgan fingerprint density at radius 3 is 2.70 bits per heavy atom. The third kappa shape index (κ3) is 2.56. The van der Waals surface area contributed by atoms with E-state index in [-0.39, 0.29) is 11.8 Å². The molecule has 0 aliphatic carbocycles. The van der Waals surface area contributed by atoms with Gasteiger partial charge in [0.1, 0.15) is 5.69 Å². The normalized spacial score (nSPS) is 13.4. The molecular weight excluding hydrogens is 338 g/mol. The Labute approximate surface area is 155 Å². The molecule has 0 fully saturated rings. The second-order valence-electron chi connectivity index (χ2n) is 6.73. The molecule has 5 rings (SSSR count). The van der Waals surface area contributed by atoms with Gasteiger partial charge in [0.25, 0.3) is 11.8 Å². The average Bonchev–Trinajstić information content (AvgIpc) is 2.97. The monoisotopic (exact) mass is 355 g/mol. The quantitative estimate of drug-likeness (QED) is 0.511. The summed E-state index contributed by atoms with van der Waals surface area (Å²) >= 11 is 0. The van der Waals surface area contributed by atoms with Gasteiger partial charge in [-0.3, -0.25) is 9.59 Å². The summed E-state index contributed by atoms with van der Waals surface area (Å²) in [6.45, 7) is 0.511. The van der Waals surface area contributed by atoms with Crippen LogP contribution in [0.1, 0.15) is 26.4 Å². The van der Waals surface area contributed by atoms with Crippen LogP contribution in [-0.4, -0.2) is 23.3 Å². The molecule has 0 bridgehead atoms. The first-order valence-corrected chi connectivity index (χ1v) is 8.92. The SMILES string of the molecule is O=C(Nc1ccc2ccccc2c1)c1[nH]c2cccc3c2c1CCNC3=O. The average molecular weight is 355 g/mol. The van der Waals surface area contributed by atoms with Gasteiger partial charge in [-0.05, 0) is 47.0 Å². The molecule has 0 saturated heterocycles. The Hall–Kier alpha value is -3.60. The van der Waals surface area contributed by atoms with Crippen molar-refractivity contribution < 1.29 is 9.59 Å². The Balaban J connectivity index is 1.56. The summed E-state index contributed by atoms with van der Waals surface area (Å²) in [7, 11) is 0. The molecule has 0 spiro atoms. The lowest BCUT2D eigenvalue weighted by atomic mass is 10.0. The van der Waals surface area contributed by atoms with Crippen molar-refractivity contribution in [1.29, 1.82) is 0 Å². The predicted molar refractivity (Wildman–Crippen MR) is 106 cm³/mol. The van der Waals surface area contributed by atoms with E-state index in [1.165, 1.54) is 0 Å². The maximum atomic E-state index is 13.0. The number of carbonyl (C=O) groups is 2. The Kier molecular flexibility index (Phi) is 3.47. The van der Waals surface area contributed by atoms with E-state index in [2.05, 4.69) is 15.6 Å². The van der Waals surface area contributed by atoms with E-state index < -0.39 is 0 Å². The molecular formula is C22H17N3O2. The van der Waals surface area contributed by atoms with Crippen molar-refractivity contribution in [3.63, 3.8) is 0 Å². The standard InChI is InChI=1S/C22H17N3O2/c26-21-17-6-3-7-18-19(17)16(10-11-23-21)20(25-18)22(27)24-15-9-8-13-4-1-2-5-14(13)12-15/h1-9,12,25H,10-11H2,(H,23,26)(H,24,27). The number of H-pyrrole nitrogens is 1. The van der Waals surface area contributed by atoms with Crippen LogP contribution in [-0.2, 0) is 6.42 Å². The highest BCUT2D eigenvalue weighted by Crippen LogP contribution is 2.29. The number of rotatable bonds is 2. The van der Waals surface area contributed by atoms with Crippen molar-refractivity contribution in [3.05, 3.63) is 77.5 Å². The zero-order valence-corrected chi connectivity index (χ0v) is 14.5. The molecule has 1 aliphatic rings. The second kappa shape index (κ2) is 5.99. The van der Waals surface area contributed by atoms with Crippen LogP contribution in [0.25, 0.3) is 21.7 Å². The lowest BCUT2D eigenvalue weighted by Gasteiger charge is -2.07. The summed E-state index contributed by atoms with van der Waals surface area (Å²) in [5.74, 6) is -0.295. The number of aromatic amines is 1. The molecule has 5 nitrogen and oxygen atoms in total. The van der Waals surface area contributed by atoms with E-state index in [0.29, 0.717) is 24.2 Å². The van der Waals surface area contributed by atoms with Crippen LogP contribution >= 0.6 is 0 Å². The van der Waals surface area contributed by atoms with Gasteiger partial charge in [-0.25, -0.2) is 0 Å². The smallest absolute Gasteiger partial charge is 0.272 e. The van der Waals surface area contributed by atoms with Crippen LogP contribution in [0.2, 0.25) is 0 Å². The predicted octanol–water partition coefficient (Wildman–Crippen LogP) is 3.86. The fourth-order valence-electron chi connectivity index (χ4n) is 3.81. The number of anilines is 1. The van der Waals surface area contributed by atoms with E-state index >= 15 is 0 Å². The van der Waals surface area contributed by atoms with E-state index in [1.807, 2.05) is 54.6 Å². The highest BCUT2D eigenvalue weighted by molar-refractivity contribution is 6.14. The summed E-state index contributed by atoms with van der Waals surface area (Å²) in [4.78, 5) is 28.5. The largest absolute Gasteiger partial charge is 0.352 e. The van der Waals surface area contributed by atoms with Crippen LogP contribution in [0.3, 0.4) is 0 Å². The number of benzene rings is 3. The number of carbonyl (C=O) groups excluding carboxylic acids is 2. The molecule has 1 aromatic heterocycles. The molecule has 0 radical (unpaired) electrons. The highest BCUT2D eigenvalue weighted by Gasteiger charge is 2.24. The Morgan fingerprint density at radius 1 is 0.963 bits per heavy atom. The fourth-order valence-corrected chi connectivity index (χ4v) is 3.81. The molecule has 27 heavy (non-hydrogen) atoms. The van der Waals surface area contributed by atoms with Gasteiger partial charge in [0.15, 0.2) is 0 Å². The van der Waals surface area contributed by atoms with Crippen molar-refractivity contribution >= 4 is 39.2 Å². The maximum absolute atomic E-state index is 13.0. The fraction of sp³-hybridized carbons (Fsp3) is 0.0909. The third-order valence-electron chi connectivity index (χ3n) is 5.07. The molecule has 0 atom stereocenters. The van der Waals surface area contributed by atoms with Gasteiger partial charge >= 0.3 is 0 Å². The molecule has 2 heterocycles. The topological polar surface area (TPSA) is 74.0 Å². The molecule has 2 amide bonds. The van der Waals surface area contributed by atoms with Crippen molar-refractivity contribution in [2.24, 2.45) is 0 Å². The van der Waals surface area contributed by atoms with Gasteiger partial charge in [-0.15, -0.1) is 0 Å². The van der Waals surface area contributed by atoms with Gasteiger partial charge in [-0.1, -0.05) is 36.4 Å². The van der Waals surface area contributed by atoms with E-state index in [1.54, 1.807) is 6.07 Å². The van der Waals surface area contributed by atoms with Gasteiger partial charge in [-0.2, -0.15) is 0 Å². The number of fused-ring (bicyclic) bond motifs is 1. The van der Waals surface area contributed by atoms with E-state index in [0.717, 1.165) is 32.9 Å². The Bertz CT molecular complexity index is 1220. The van der Waals surface area contributed by atoms with Crippen molar-refractivity contribution in [1.82, 2.24) is 10.3 Å². The third-order valence-corrected chi connectivity index (χ3v) is 5.07. The molecule has 0 saturated carbocycles. The summed E-state index contributed by atoms with van der Waals surface area (Å²) in [6, 6.07) is 19.4. The van der Waals surface area contributed by atoms with Gasteiger partial charge in [0.05, 0.1) is 0 Å². The molecule has 3 N–H and O–H groups in total. The minimum absolute atomic E-state index is 0.0974. The molecule has 5 heteroatoms. The highest BCUT2D eigenvalue weighted by atomic mass is 16.2. The summed E-state index contributed by atoms with van der Waals surface area (Å²) in [5.41, 5.74) is 3.57. The number of amides is 2. The van der Waals surface area contributed by atoms with Crippen molar-refractivity contribution in [2.45, 2.75) is 6.42 Å². The first-order valence-electron chi connectivity index (χ1n) is 8.92. The second-order valence-corrected chi connectivity index (χ2v) is 6.73. The van der Waals surface area contributed by atoms with Crippen LogP contribution in [0.15, 0.2) is 60.7 Å². The van der Waals surface area contributed by atoms with Crippen LogP contribution in [0.4, 0.5) is 5.69 Å². The lowest BCUT2D eigenvalue weighted by Crippen LogP contribution is -2.24. The van der Waals surface area contributed by atoms with Gasteiger partial charge < -0.3 is 15.6 Å². The van der Waals surface area contributed by atoms with Crippen LogP contribution < -0.4 is 10.6 Å². The number of aromatic nitrogens is 1. The zero-order chi connectivity index (χ0) is 18.4. The summed E-state index contributed by atoms with van der Waals surface area (Å²) in [5, 5.41) is 8.92. The lowest BCUT2D eigenvalue weighted by molar-refractivity contribution is 0.0956. The summed E-state index contributed by atoms with van der Waals surface area (Å²) in [6.07, 6.45) is 0.614. The molecule has 3 aromatic carbocycles. The van der Waals surface area contributed by atoms with Gasteiger partial charge in [0, 0.05) is 28.7 Å². The van der Waals surface area contributed by atoms with E-state index in [9.17, 15) is 9.59 Å². The minimum atomic E-state index is -0.197. The summed E-state index contributed by atoms with van der Waals surface area (Å²) < 4.78 is 0. The molecule has 4 aromatic rings. The van der Waals surface area contributed by atoms with Crippen LogP contribution in [0.5, 0.6) is 0 Å². The minimum Gasteiger partial charge on any atom is -0.352 e. The van der Waals surface area contributed by atoms with Crippen molar-refractivity contribution in [2.75, 3.05) is 11.9 Å². The Morgan fingerprint density at radius 2 is 1.81 bits per heavy atom. The first-order chi connectivity index (χ1) is 13.2. The first kappa shape index (κ1) is 15.6.